The third-order valence-corrected chi connectivity index (χ3v) is 4.25. The number of alkyl halides is 3. The largest absolute Gasteiger partial charge is 0.402 e. The Bertz CT molecular complexity index is 589. The van der Waals surface area contributed by atoms with Crippen molar-refractivity contribution in [3.63, 3.8) is 0 Å². The molecule has 0 spiro atoms. The molecule has 1 aromatic carbocycles. The minimum atomic E-state index is -4.61. The first-order chi connectivity index (χ1) is 9.51. The van der Waals surface area contributed by atoms with E-state index in [-0.39, 0.29) is 16.0 Å². The van der Waals surface area contributed by atoms with Crippen molar-refractivity contribution < 1.29 is 21.6 Å². The predicted octanol–water partition coefficient (Wildman–Crippen LogP) is 2.68. The van der Waals surface area contributed by atoms with Gasteiger partial charge in [-0.3, -0.25) is 0 Å². The number of hydrogen-bond donors (Lipinski definition) is 2. The van der Waals surface area contributed by atoms with E-state index in [2.05, 4.69) is 5.32 Å². The molecule has 0 aliphatic carbocycles. The van der Waals surface area contributed by atoms with Gasteiger partial charge in [-0.1, -0.05) is 31.5 Å². The van der Waals surface area contributed by atoms with Crippen molar-refractivity contribution in [1.29, 1.82) is 0 Å². The smallest absolute Gasteiger partial charge is 0.310 e. The summed E-state index contributed by atoms with van der Waals surface area (Å²) < 4.78 is 61.1. The van der Waals surface area contributed by atoms with E-state index in [4.69, 9.17) is 11.6 Å². The van der Waals surface area contributed by atoms with Crippen LogP contribution in [0, 0.1) is 0 Å². The van der Waals surface area contributed by atoms with Crippen molar-refractivity contribution in [2.24, 2.45) is 0 Å². The zero-order chi connectivity index (χ0) is 16.3. The van der Waals surface area contributed by atoms with Crippen LogP contribution in [-0.4, -0.2) is 27.2 Å². The van der Waals surface area contributed by atoms with Crippen LogP contribution in [0.2, 0.25) is 5.02 Å². The zero-order valence-electron chi connectivity index (χ0n) is 11.5. The topological polar surface area (TPSA) is 58.2 Å². The standard InChI is InChI=1S/C12H16ClF3N2O2S/c1-8(2)17-6-9-3-4-10(5-11(9)13)21(19,20)18-7-12(14,15)16/h3-5,8,17-18H,6-7H2,1-2H3. The monoisotopic (exact) mass is 344 g/mol. The van der Waals surface area contributed by atoms with E-state index in [1.165, 1.54) is 16.9 Å². The average molecular weight is 345 g/mol. The summed E-state index contributed by atoms with van der Waals surface area (Å²) in [6.07, 6.45) is -4.61. The van der Waals surface area contributed by atoms with Gasteiger partial charge in [-0.15, -0.1) is 0 Å². The minimum Gasteiger partial charge on any atom is -0.310 e. The van der Waals surface area contributed by atoms with Gasteiger partial charge in [-0.25, -0.2) is 13.1 Å². The van der Waals surface area contributed by atoms with Gasteiger partial charge < -0.3 is 5.32 Å². The molecule has 0 bridgehead atoms. The number of sulfonamides is 1. The van der Waals surface area contributed by atoms with Crippen LogP contribution in [-0.2, 0) is 16.6 Å². The lowest BCUT2D eigenvalue weighted by Gasteiger charge is -2.12. The highest BCUT2D eigenvalue weighted by Gasteiger charge is 2.30. The van der Waals surface area contributed by atoms with Crippen LogP contribution >= 0.6 is 11.6 Å². The Balaban J connectivity index is 2.87. The third-order valence-electron chi connectivity index (χ3n) is 2.50. The highest BCUT2D eigenvalue weighted by Crippen LogP contribution is 2.22. The first-order valence-corrected chi connectivity index (χ1v) is 7.95. The minimum absolute atomic E-state index is 0.179. The van der Waals surface area contributed by atoms with E-state index >= 15 is 0 Å². The third kappa shape index (κ3) is 6.21. The van der Waals surface area contributed by atoms with Gasteiger partial charge in [-0.2, -0.15) is 13.2 Å². The quantitative estimate of drug-likeness (QED) is 0.834. The van der Waals surface area contributed by atoms with E-state index < -0.39 is 22.7 Å². The van der Waals surface area contributed by atoms with Gasteiger partial charge in [0.05, 0.1) is 4.90 Å². The molecule has 120 valence electrons. The SMILES string of the molecule is CC(C)NCc1ccc(S(=O)(=O)NCC(F)(F)F)cc1Cl. The van der Waals surface area contributed by atoms with E-state index in [9.17, 15) is 21.6 Å². The lowest BCUT2D eigenvalue weighted by atomic mass is 10.2. The Labute approximate surface area is 126 Å². The summed E-state index contributed by atoms with van der Waals surface area (Å²) in [6, 6.07) is 4.05. The summed E-state index contributed by atoms with van der Waals surface area (Å²) in [4.78, 5) is -0.301. The van der Waals surface area contributed by atoms with Crippen molar-refractivity contribution >= 4 is 21.6 Å². The van der Waals surface area contributed by atoms with E-state index in [1.54, 1.807) is 0 Å². The number of benzene rings is 1. The summed E-state index contributed by atoms with van der Waals surface area (Å²) in [5.41, 5.74) is 0.667. The molecule has 0 aliphatic rings. The summed E-state index contributed by atoms with van der Waals surface area (Å²) in [5, 5.41) is 3.29. The molecular weight excluding hydrogens is 329 g/mol. The molecule has 0 atom stereocenters. The molecular formula is C12H16ClF3N2O2S. The maximum atomic E-state index is 12.1. The second kappa shape index (κ2) is 6.95. The lowest BCUT2D eigenvalue weighted by Crippen LogP contribution is -2.33. The van der Waals surface area contributed by atoms with Crippen molar-refractivity contribution in [1.82, 2.24) is 10.0 Å². The highest BCUT2D eigenvalue weighted by atomic mass is 35.5. The Morgan fingerprint density at radius 1 is 1.29 bits per heavy atom. The molecule has 0 unspecified atom stereocenters. The van der Waals surface area contributed by atoms with Gasteiger partial charge in [-0.05, 0) is 17.7 Å². The van der Waals surface area contributed by atoms with Gasteiger partial charge in [0, 0.05) is 17.6 Å². The molecule has 1 aromatic rings. The van der Waals surface area contributed by atoms with Gasteiger partial charge in [0.1, 0.15) is 6.54 Å². The molecule has 0 aliphatic heterocycles. The van der Waals surface area contributed by atoms with Crippen LogP contribution in [0.3, 0.4) is 0 Å². The molecule has 0 saturated heterocycles. The van der Waals surface area contributed by atoms with Gasteiger partial charge in [0.2, 0.25) is 10.0 Å². The van der Waals surface area contributed by atoms with Crippen LogP contribution in [0.1, 0.15) is 19.4 Å². The Morgan fingerprint density at radius 3 is 2.38 bits per heavy atom. The molecule has 0 fully saturated rings. The van der Waals surface area contributed by atoms with Crippen LogP contribution in [0.25, 0.3) is 0 Å². The zero-order valence-corrected chi connectivity index (χ0v) is 13.0. The second-order valence-corrected chi connectivity index (χ2v) is 6.90. The van der Waals surface area contributed by atoms with E-state index in [0.717, 1.165) is 6.07 Å². The Morgan fingerprint density at radius 2 is 1.90 bits per heavy atom. The maximum Gasteiger partial charge on any atom is 0.402 e. The Kier molecular flexibility index (Phi) is 6.03. The second-order valence-electron chi connectivity index (χ2n) is 4.73. The van der Waals surface area contributed by atoms with Crippen molar-refractivity contribution in [2.75, 3.05) is 6.54 Å². The molecule has 4 nitrogen and oxygen atoms in total. The molecule has 0 amide bonds. The Hall–Kier alpha value is -0.830. The van der Waals surface area contributed by atoms with Crippen LogP contribution < -0.4 is 10.0 Å². The number of nitrogens with one attached hydrogen (secondary N) is 2. The molecule has 0 radical (unpaired) electrons. The van der Waals surface area contributed by atoms with Crippen LogP contribution in [0.4, 0.5) is 13.2 Å². The van der Waals surface area contributed by atoms with E-state index in [1.807, 2.05) is 13.8 Å². The van der Waals surface area contributed by atoms with Crippen LogP contribution in [0.15, 0.2) is 23.1 Å². The molecule has 0 heterocycles. The fraction of sp³-hybridized carbons (Fsp3) is 0.500. The highest BCUT2D eigenvalue weighted by molar-refractivity contribution is 7.89. The molecule has 9 heteroatoms. The maximum absolute atomic E-state index is 12.1. The molecule has 1 rings (SSSR count). The first-order valence-electron chi connectivity index (χ1n) is 6.09. The number of rotatable bonds is 6. The normalized spacial score (nSPS) is 12.9. The lowest BCUT2D eigenvalue weighted by molar-refractivity contribution is -0.121. The summed E-state index contributed by atoms with van der Waals surface area (Å²) >= 11 is 5.95. The number of halogens is 4. The van der Waals surface area contributed by atoms with Crippen molar-refractivity contribution in [3.05, 3.63) is 28.8 Å². The van der Waals surface area contributed by atoms with Gasteiger partial charge in [0.25, 0.3) is 0 Å². The average Bonchev–Trinajstić information content (AvgIpc) is 2.34. The summed E-state index contributed by atoms with van der Waals surface area (Å²) in [7, 11) is -4.24. The number of hydrogen-bond acceptors (Lipinski definition) is 3. The first kappa shape index (κ1) is 18.2. The summed E-state index contributed by atoms with van der Waals surface area (Å²) in [6.45, 7) is 2.69. The van der Waals surface area contributed by atoms with Crippen molar-refractivity contribution in [2.45, 2.75) is 37.5 Å². The van der Waals surface area contributed by atoms with Crippen LogP contribution in [0.5, 0.6) is 0 Å². The van der Waals surface area contributed by atoms with Gasteiger partial charge in [0.15, 0.2) is 0 Å². The van der Waals surface area contributed by atoms with Crippen molar-refractivity contribution in [3.8, 4) is 0 Å². The van der Waals surface area contributed by atoms with E-state index in [0.29, 0.717) is 12.1 Å². The fourth-order valence-electron chi connectivity index (χ4n) is 1.41. The molecule has 0 aromatic heterocycles. The predicted molar refractivity (Wildman–Crippen MR) is 74.7 cm³/mol. The molecule has 21 heavy (non-hydrogen) atoms. The molecule has 2 N–H and O–H groups in total. The summed E-state index contributed by atoms with van der Waals surface area (Å²) in [5.74, 6) is 0. The molecule has 0 saturated carbocycles. The van der Waals surface area contributed by atoms with Gasteiger partial charge >= 0.3 is 6.18 Å². The fourth-order valence-corrected chi connectivity index (χ4v) is 2.77.